The van der Waals surface area contributed by atoms with E-state index in [2.05, 4.69) is 5.32 Å². The van der Waals surface area contributed by atoms with E-state index in [0.717, 1.165) is 5.56 Å². The van der Waals surface area contributed by atoms with Crippen molar-refractivity contribution in [2.24, 2.45) is 0 Å². The van der Waals surface area contributed by atoms with E-state index in [1.165, 1.54) is 6.92 Å². The van der Waals surface area contributed by atoms with Crippen molar-refractivity contribution in [3.05, 3.63) is 58.6 Å². The number of hydrogen-bond donors (Lipinski definition) is 1. The summed E-state index contributed by atoms with van der Waals surface area (Å²) in [7, 11) is 0. The molecule has 0 saturated carbocycles. The monoisotopic (exact) mass is 317 g/mol. The molecule has 0 spiro atoms. The van der Waals surface area contributed by atoms with Crippen molar-refractivity contribution in [2.45, 2.75) is 13.8 Å². The minimum Gasteiger partial charge on any atom is -0.484 e. The quantitative estimate of drug-likeness (QED) is 0.852. The largest absolute Gasteiger partial charge is 0.484 e. The van der Waals surface area contributed by atoms with Crippen LogP contribution in [0.4, 0.5) is 5.69 Å². The van der Waals surface area contributed by atoms with Crippen molar-refractivity contribution in [1.29, 1.82) is 0 Å². The summed E-state index contributed by atoms with van der Waals surface area (Å²) in [6.07, 6.45) is 0. The summed E-state index contributed by atoms with van der Waals surface area (Å²) in [5, 5.41) is 3.32. The molecule has 0 aromatic heterocycles. The normalized spacial score (nSPS) is 10.1. The molecule has 0 saturated heterocycles. The molecule has 1 amide bonds. The molecule has 114 valence electrons. The van der Waals surface area contributed by atoms with Gasteiger partial charge < -0.3 is 10.1 Å². The number of benzene rings is 2. The Morgan fingerprint density at radius 1 is 1.18 bits per heavy atom. The van der Waals surface area contributed by atoms with Gasteiger partial charge in [0.05, 0.1) is 5.69 Å². The van der Waals surface area contributed by atoms with Crippen LogP contribution < -0.4 is 10.1 Å². The van der Waals surface area contributed by atoms with E-state index < -0.39 is 0 Å². The molecule has 0 atom stereocenters. The molecule has 1 N–H and O–H groups in total. The maximum absolute atomic E-state index is 11.9. The number of anilines is 1. The van der Waals surface area contributed by atoms with Crippen LogP contribution in [0.3, 0.4) is 0 Å². The summed E-state index contributed by atoms with van der Waals surface area (Å²) in [5.74, 6) is 0.128. The van der Waals surface area contributed by atoms with Gasteiger partial charge >= 0.3 is 0 Å². The second-order valence-electron chi connectivity index (χ2n) is 4.85. The molecule has 2 aromatic carbocycles. The SMILES string of the molecule is CC(=O)c1ccccc1NC(=O)COc1ccc(Cl)c(C)c1. The van der Waals surface area contributed by atoms with Gasteiger partial charge in [0.1, 0.15) is 5.75 Å². The Morgan fingerprint density at radius 2 is 1.91 bits per heavy atom. The molecular weight excluding hydrogens is 302 g/mol. The molecule has 22 heavy (non-hydrogen) atoms. The maximum atomic E-state index is 11.9. The molecule has 4 nitrogen and oxygen atoms in total. The number of aryl methyl sites for hydroxylation is 1. The zero-order chi connectivity index (χ0) is 16.1. The standard InChI is InChI=1S/C17H16ClNO3/c1-11-9-13(7-8-15(11)18)22-10-17(21)19-16-6-4-3-5-14(16)12(2)20/h3-9H,10H2,1-2H3,(H,19,21). The summed E-state index contributed by atoms with van der Waals surface area (Å²) < 4.78 is 5.42. The Bertz CT molecular complexity index is 713. The number of ketones is 1. The number of carbonyl (C=O) groups excluding carboxylic acids is 2. The average molecular weight is 318 g/mol. The van der Waals surface area contributed by atoms with Gasteiger partial charge in [0, 0.05) is 10.6 Å². The van der Waals surface area contributed by atoms with Crippen LogP contribution in [0.25, 0.3) is 0 Å². The van der Waals surface area contributed by atoms with Crippen LogP contribution in [0.2, 0.25) is 5.02 Å². The highest BCUT2D eigenvalue weighted by molar-refractivity contribution is 6.31. The number of hydrogen-bond acceptors (Lipinski definition) is 3. The first kappa shape index (κ1) is 16.0. The number of para-hydroxylation sites is 1. The number of ether oxygens (including phenoxy) is 1. The second kappa shape index (κ2) is 7.09. The minimum atomic E-state index is -0.332. The number of rotatable bonds is 5. The van der Waals surface area contributed by atoms with Gasteiger partial charge in [-0.3, -0.25) is 9.59 Å². The van der Waals surface area contributed by atoms with Gasteiger partial charge in [0.2, 0.25) is 0 Å². The van der Waals surface area contributed by atoms with Gasteiger partial charge in [-0.15, -0.1) is 0 Å². The summed E-state index contributed by atoms with van der Waals surface area (Å²) in [6, 6.07) is 12.0. The van der Waals surface area contributed by atoms with Crippen molar-refractivity contribution in [2.75, 3.05) is 11.9 Å². The van der Waals surface area contributed by atoms with Crippen molar-refractivity contribution in [3.8, 4) is 5.75 Å². The molecule has 5 heteroatoms. The predicted molar refractivity (Wildman–Crippen MR) is 86.8 cm³/mol. The van der Waals surface area contributed by atoms with Gasteiger partial charge in [-0.25, -0.2) is 0 Å². The van der Waals surface area contributed by atoms with E-state index in [4.69, 9.17) is 16.3 Å². The van der Waals surface area contributed by atoms with Crippen LogP contribution in [0, 0.1) is 6.92 Å². The van der Waals surface area contributed by atoms with Crippen molar-refractivity contribution < 1.29 is 14.3 Å². The predicted octanol–water partition coefficient (Wildman–Crippen LogP) is 3.87. The molecule has 0 aliphatic rings. The zero-order valence-electron chi connectivity index (χ0n) is 12.4. The third-order valence-electron chi connectivity index (χ3n) is 3.08. The van der Waals surface area contributed by atoms with E-state index in [1.807, 2.05) is 6.92 Å². The van der Waals surface area contributed by atoms with Crippen molar-refractivity contribution in [3.63, 3.8) is 0 Å². The van der Waals surface area contributed by atoms with Crippen LogP contribution in [-0.4, -0.2) is 18.3 Å². The Balaban J connectivity index is 1.99. The smallest absolute Gasteiger partial charge is 0.262 e. The van der Waals surface area contributed by atoms with Crippen molar-refractivity contribution >= 4 is 29.0 Å². The highest BCUT2D eigenvalue weighted by Crippen LogP contribution is 2.21. The molecule has 2 aromatic rings. The van der Waals surface area contributed by atoms with Crippen LogP contribution in [0.5, 0.6) is 5.75 Å². The third-order valence-corrected chi connectivity index (χ3v) is 3.50. The first-order valence-corrected chi connectivity index (χ1v) is 7.14. The maximum Gasteiger partial charge on any atom is 0.262 e. The van der Waals surface area contributed by atoms with E-state index in [1.54, 1.807) is 42.5 Å². The second-order valence-corrected chi connectivity index (χ2v) is 5.26. The number of carbonyl (C=O) groups is 2. The topological polar surface area (TPSA) is 55.4 Å². The fourth-order valence-electron chi connectivity index (χ4n) is 1.94. The molecule has 2 rings (SSSR count). The van der Waals surface area contributed by atoms with Crippen LogP contribution in [0.15, 0.2) is 42.5 Å². The lowest BCUT2D eigenvalue weighted by Gasteiger charge is -2.10. The minimum absolute atomic E-state index is 0.106. The van der Waals surface area contributed by atoms with Gasteiger partial charge in [0.15, 0.2) is 12.4 Å². The fourth-order valence-corrected chi connectivity index (χ4v) is 2.06. The van der Waals surface area contributed by atoms with Crippen LogP contribution >= 0.6 is 11.6 Å². The summed E-state index contributed by atoms with van der Waals surface area (Å²) in [6.45, 7) is 3.17. The van der Waals surface area contributed by atoms with E-state index in [-0.39, 0.29) is 18.3 Å². The number of nitrogens with one attached hydrogen (secondary N) is 1. The molecule has 0 bridgehead atoms. The number of Topliss-reactive ketones (excluding diaryl/α,β-unsaturated/α-hetero) is 1. The Labute approximate surface area is 134 Å². The Morgan fingerprint density at radius 3 is 2.59 bits per heavy atom. The van der Waals surface area contributed by atoms with Gasteiger partial charge in [-0.2, -0.15) is 0 Å². The summed E-state index contributed by atoms with van der Waals surface area (Å²) in [4.78, 5) is 23.4. The molecule has 0 unspecified atom stereocenters. The highest BCUT2D eigenvalue weighted by atomic mass is 35.5. The zero-order valence-corrected chi connectivity index (χ0v) is 13.1. The average Bonchev–Trinajstić information content (AvgIpc) is 2.49. The molecular formula is C17H16ClNO3. The number of halogens is 1. The first-order valence-electron chi connectivity index (χ1n) is 6.76. The van der Waals surface area contributed by atoms with Crippen LogP contribution in [0.1, 0.15) is 22.8 Å². The summed E-state index contributed by atoms with van der Waals surface area (Å²) in [5.41, 5.74) is 1.83. The lowest BCUT2D eigenvalue weighted by atomic mass is 10.1. The fraction of sp³-hybridized carbons (Fsp3) is 0.176. The molecule has 0 aliphatic carbocycles. The van der Waals surface area contributed by atoms with Crippen molar-refractivity contribution in [1.82, 2.24) is 0 Å². The van der Waals surface area contributed by atoms with Gasteiger partial charge in [0.25, 0.3) is 5.91 Å². The lowest BCUT2D eigenvalue weighted by molar-refractivity contribution is -0.118. The molecule has 0 fully saturated rings. The highest BCUT2D eigenvalue weighted by Gasteiger charge is 2.10. The molecule has 0 heterocycles. The molecule has 0 radical (unpaired) electrons. The van der Waals surface area contributed by atoms with E-state index >= 15 is 0 Å². The van der Waals surface area contributed by atoms with E-state index in [0.29, 0.717) is 22.0 Å². The third kappa shape index (κ3) is 4.09. The summed E-state index contributed by atoms with van der Waals surface area (Å²) >= 11 is 5.93. The Kier molecular flexibility index (Phi) is 5.17. The number of amides is 1. The lowest BCUT2D eigenvalue weighted by Crippen LogP contribution is -2.21. The van der Waals surface area contributed by atoms with E-state index in [9.17, 15) is 9.59 Å². The first-order chi connectivity index (χ1) is 10.5. The van der Waals surface area contributed by atoms with Crippen LogP contribution in [-0.2, 0) is 4.79 Å². The Hall–Kier alpha value is -2.33. The van der Waals surface area contributed by atoms with Gasteiger partial charge in [-0.1, -0.05) is 23.7 Å². The molecule has 0 aliphatic heterocycles. The van der Waals surface area contributed by atoms with Gasteiger partial charge in [-0.05, 0) is 49.7 Å².